The first-order valence-electron chi connectivity index (χ1n) is 6.63. The highest BCUT2D eigenvalue weighted by molar-refractivity contribution is 5.37. The van der Waals surface area contributed by atoms with Crippen molar-refractivity contribution in [1.82, 2.24) is 5.32 Å². The molecule has 3 unspecified atom stereocenters. The Morgan fingerprint density at radius 1 is 1.38 bits per heavy atom. The second-order valence-electron chi connectivity index (χ2n) is 5.47. The van der Waals surface area contributed by atoms with Crippen molar-refractivity contribution in [2.45, 2.75) is 51.6 Å². The van der Waals surface area contributed by atoms with Crippen molar-refractivity contribution in [3.8, 4) is 0 Å². The van der Waals surface area contributed by atoms with E-state index in [9.17, 15) is 0 Å². The van der Waals surface area contributed by atoms with E-state index in [0.717, 1.165) is 12.0 Å². The van der Waals surface area contributed by atoms with Crippen LogP contribution in [0.4, 0.5) is 0 Å². The monoisotopic (exact) mass is 215 g/mol. The predicted octanol–water partition coefficient (Wildman–Crippen LogP) is 3.37. The molecule has 86 valence electrons. The summed E-state index contributed by atoms with van der Waals surface area (Å²) in [5.41, 5.74) is 4.54. The van der Waals surface area contributed by atoms with Crippen molar-refractivity contribution >= 4 is 0 Å². The van der Waals surface area contributed by atoms with Crippen LogP contribution in [0.3, 0.4) is 0 Å². The van der Waals surface area contributed by atoms with Gasteiger partial charge in [0, 0.05) is 12.1 Å². The molecule has 1 N–H and O–H groups in total. The first kappa shape index (κ1) is 10.3. The highest BCUT2D eigenvalue weighted by Gasteiger charge is 2.37. The molecule has 0 bridgehead atoms. The third-order valence-electron chi connectivity index (χ3n) is 4.24. The Bertz CT molecular complexity index is 396. The lowest BCUT2D eigenvalue weighted by molar-refractivity contribution is 0.504. The van der Waals surface area contributed by atoms with Crippen LogP contribution in [0.15, 0.2) is 18.2 Å². The van der Waals surface area contributed by atoms with Crippen molar-refractivity contribution in [1.29, 1.82) is 0 Å². The molecule has 1 saturated carbocycles. The summed E-state index contributed by atoms with van der Waals surface area (Å²) < 4.78 is 0. The largest absolute Gasteiger partial charge is 0.307 e. The fourth-order valence-electron chi connectivity index (χ4n) is 3.06. The molecule has 1 aromatic carbocycles. The predicted molar refractivity (Wildman–Crippen MR) is 67.6 cm³/mol. The van der Waals surface area contributed by atoms with Gasteiger partial charge in [0.15, 0.2) is 0 Å². The molecule has 0 radical (unpaired) electrons. The van der Waals surface area contributed by atoms with Gasteiger partial charge in [-0.1, -0.05) is 37.1 Å². The molecule has 16 heavy (non-hydrogen) atoms. The van der Waals surface area contributed by atoms with Gasteiger partial charge in [-0.2, -0.15) is 0 Å². The molecular weight excluding hydrogens is 194 g/mol. The van der Waals surface area contributed by atoms with E-state index in [2.05, 4.69) is 37.4 Å². The molecule has 0 heterocycles. The molecule has 0 aliphatic heterocycles. The Labute approximate surface area is 98.3 Å². The average molecular weight is 215 g/mol. The van der Waals surface area contributed by atoms with Crippen LogP contribution >= 0.6 is 0 Å². The number of nitrogens with one attached hydrogen (secondary N) is 1. The molecule has 1 nitrogen and oxygen atoms in total. The number of hydrogen-bond donors (Lipinski definition) is 1. The van der Waals surface area contributed by atoms with E-state index in [1.807, 2.05) is 0 Å². The zero-order valence-electron chi connectivity index (χ0n) is 10.3. The smallest absolute Gasteiger partial charge is 0.0328 e. The quantitative estimate of drug-likeness (QED) is 0.815. The summed E-state index contributed by atoms with van der Waals surface area (Å²) >= 11 is 0. The van der Waals surface area contributed by atoms with Crippen LogP contribution in [0.5, 0.6) is 0 Å². The second-order valence-corrected chi connectivity index (χ2v) is 5.47. The van der Waals surface area contributed by atoms with E-state index >= 15 is 0 Å². The average Bonchev–Trinajstić information content (AvgIpc) is 2.93. The summed E-state index contributed by atoms with van der Waals surface area (Å²) in [6, 6.07) is 8.38. The molecule has 1 aromatic rings. The molecule has 2 aliphatic carbocycles. The highest BCUT2D eigenvalue weighted by atomic mass is 15.0. The van der Waals surface area contributed by atoms with Gasteiger partial charge in [0.1, 0.15) is 0 Å². The summed E-state index contributed by atoms with van der Waals surface area (Å²) in [5.74, 6) is 0.953. The lowest BCUT2D eigenvalue weighted by atomic mass is 10.0. The summed E-state index contributed by atoms with van der Waals surface area (Å²) in [7, 11) is 0. The van der Waals surface area contributed by atoms with Crippen LogP contribution in [0.2, 0.25) is 0 Å². The summed E-state index contributed by atoms with van der Waals surface area (Å²) in [5, 5.41) is 3.84. The fraction of sp³-hybridized carbons (Fsp3) is 0.600. The Hall–Kier alpha value is -0.820. The molecule has 0 saturated heterocycles. The van der Waals surface area contributed by atoms with Gasteiger partial charge in [-0.15, -0.1) is 0 Å². The van der Waals surface area contributed by atoms with E-state index in [0.29, 0.717) is 6.04 Å². The highest BCUT2D eigenvalue weighted by Crippen LogP contribution is 2.39. The second kappa shape index (κ2) is 3.89. The number of hydrogen-bond acceptors (Lipinski definition) is 1. The zero-order valence-corrected chi connectivity index (χ0v) is 10.3. The SMILES string of the molecule is CCC1CC1NC1CCc2ccc(C)cc21. The first-order chi connectivity index (χ1) is 7.78. The fourth-order valence-corrected chi connectivity index (χ4v) is 3.06. The Morgan fingerprint density at radius 2 is 2.25 bits per heavy atom. The maximum atomic E-state index is 3.84. The van der Waals surface area contributed by atoms with Gasteiger partial charge in [-0.3, -0.25) is 0 Å². The maximum absolute atomic E-state index is 3.84. The van der Waals surface area contributed by atoms with Crippen LogP contribution in [0.25, 0.3) is 0 Å². The van der Waals surface area contributed by atoms with Gasteiger partial charge in [-0.25, -0.2) is 0 Å². The zero-order chi connectivity index (χ0) is 11.1. The molecule has 1 fully saturated rings. The van der Waals surface area contributed by atoms with Gasteiger partial charge in [-0.05, 0) is 43.2 Å². The van der Waals surface area contributed by atoms with Crippen LogP contribution in [0, 0.1) is 12.8 Å². The third kappa shape index (κ3) is 1.78. The maximum Gasteiger partial charge on any atom is 0.0328 e. The van der Waals surface area contributed by atoms with Gasteiger partial charge >= 0.3 is 0 Å². The van der Waals surface area contributed by atoms with Gasteiger partial charge in [0.05, 0.1) is 0 Å². The van der Waals surface area contributed by atoms with Crippen molar-refractivity contribution in [2.24, 2.45) is 5.92 Å². The molecular formula is C15H21N. The van der Waals surface area contributed by atoms with Crippen molar-refractivity contribution in [3.63, 3.8) is 0 Å². The minimum absolute atomic E-state index is 0.636. The normalized spacial score (nSPS) is 31.5. The lowest BCUT2D eigenvalue weighted by Crippen LogP contribution is -2.22. The van der Waals surface area contributed by atoms with E-state index in [4.69, 9.17) is 0 Å². The molecule has 3 atom stereocenters. The Balaban J connectivity index is 1.73. The van der Waals surface area contributed by atoms with E-state index in [1.54, 1.807) is 11.1 Å². The molecule has 0 amide bonds. The lowest BCUT2D eigenvalue weighted by Gasteiger charge is -2.14. The minimum atomic E-state index is 0.636. The topological polar surface area (TPSA) is 12.0 Å². The molecule has 0 spiro atoms. The van der Waals surface area contributed by atoms with E-state index in [-0.39, 0.29) is 0 Å². The Kier molecular flexibility index (Phi) is 2.51. The molecule has 2 aliphatic rings. The minimum Gasteiger partial charge on any atom is -0.307 e. The van der Waals surface area contributed by atoms with Crippen molar-refractivity contribution < 1.29 is 0 Å². The summed E-state index contributed by atoms with van der Waals surface area (Å²) in [6.07, 6.45) is 5.29. The first-order valence-corrected chi connectivity index (χ1v) is 6.63. The number of fused-ring (bicyclic) bond motifs is 1. The summed E-state index contributed by atoms with van der Waals surface area (Å²) in [6.45, 7) is 4.50. The Morgan fingerprint density at radius 3 is 3.00 bits per heavy atom. The van der Waals surface area contributed by atoms with Crippen LogP contribution in [0.1, 0.15) is 48.9 Å². The van der Waals surface area contributed by atoms with Crippen molar-refractivity contribution in [3.05, 3.63) is 34.9 Å². The molecule has 0 aromatic heterocycles. The van der Waals surface area contributed by atoms with Crippen LogP contribution < -0.4 is 5.32 Å². The van der Waals surface area contributed by atoms with Gasteiger partial charge in [0.25, 0.3) is 0 Å². The van der Waals surface area contributed by atoms with Crippen LogP contribution in [-0.2, 0) is 6.42 Å². The van der Waals surface area contributed by atoms with Crippen LogP contribution in [-0.4, -0.2) is 6.04 Å². The molecule has 1 heteroatoms. The number of aryl methyl sites for hydroxylation is 2. The van der Waals surface area contributed by atoms with Gasteiger partial charge < -0.3 is 5.32 Å². The summed E-state index contributed by atoms with van der Waals surface area (Å²) in [4.78, 5) is 0. The van der Waals surface area contributed by atoms with Crippen molar-refractivity contribution in [2.75, 3.05) is 0 Å². The number of rotatable bonds is 3. The van der Waals surface area contributed by atoms with E-state index < -0.39 is 0 Å². The van der Waals surface area contributed by atoms with E-state index in [1.165, 1.54) is 31.2 Å². The van der Waals surface area contributed by atoms with Gasteiger partial charge in [0.2, 0.25) is 0 Å². The third-order valence-corrected chi connectivity index (χ3v) is 4.24. The number of benzene rings is 1. The standard InChI is InChI=1S/C15H21N/c1-3-11-9-15(11)16-14-7-6-12-5-4-10(2)8-13(12)14/h4-5,8,11,14-16H,3,6-7,9H2,1-2H3. The molecule has 3 rings (SSSR count).